The number of carbonyl (C=O) groups is 3. The van der Waals surface area contributed by atoms with Crippen molar-refractivity contribution in [2.24, 2.45) is 5.92 Å². The molecule has 1 amide bonds. The average Bonchev–Trinajstić information content (AvgIpc) is 3.19. The number of benzene rings is 4. The number of β-lactam (4-membered cyclic amide) rings is 1. The molecule has 59 heavy (non-hydrogen) atoms. The van der Waals surface area contributed by atoms with Gasteiger partial charge >= 0.3 is 5.97 Å². The fourth-order valence-electron chi connectivity index (χ4n) is 7.26. The second-order valence-corrected chi connectivity index (χ2v) is 31.5. The van der Waals surface area contributed by atoms with Crippen LogP contribution in [0.2, 0.25) is 36.3 Å². The number of esters is 1. The Balaban J connectivity index is 1.75. The van der Waals surface area contributed by atoms with E-state index in [1.54, 1.807) is 4.90 Å². The largest absolute Gasteiger partial charge is 0.457 e. The van der Waals surface area contributed by atoms with Crippen LogP contribution in [0.5, 0.6) is 0 Å². The Bertz CT molecular complexity index is 2070. The minimum atomic E-state index is -3.19. The molecule has 314 valence electrons. The molecule has 0 aromatic heterocycles. The first-order valence-corrected chi connectivity index (χ1v) is 28.3. The van der Waals surface area contributed by atoms with Gasteiger partial charge in [0.15, 0.2) is 22.4 Å². The molecule has 7 nitrogen and oxygen atoms in total. The summed E-state index contributed by atoms with van der Waals surface area (Å²) < 4.78 is 19.5. The molecule has 3 atom stereocenters. The number of nitrogens with zero attached hydrogens (tertiary/aromatic N) is 1. The maximum absolute atomic E-state index is 15.2. The van der Waals surface area contributed by atoms with E-state index in [1.165, 1.54) is 6.08 Å². The number of rotatable bonds is 16. The van der Waals surface area contributed by atoms with E-state index >= 15 is 9.59 Å². The number of Topliss-reactive ketones (excluding diaryl/α,β-unsaturated/α-hetero) is 1. The third kappa shape index (κ3) is 9.61. The SMILES string of the molecule is C=CCOC(=O)C(N1C(=O)[C@H]([C@@H](C)O[Si](C)(C)C(C)(C)C)[C@H]1CC(=O)c1cccc(CO[Si](C)(C)C(C)(C)C)c1)=P(c1ccccc1)(c1ccccc1)c1ccccc1. The van der Waals surface area contributed by atoms with Crippen LogP contribution in [-0.4, -0.2) is 63.4 Å². The van der Waals surface area contributed by atoms with Crippen molar-refractivity contribution in [1.29, 1.82) is 0 Å². The molecule has 1 heterocycles. The molecular weight excluding hydrogens is 786 g/mol. The van der Waals surface area contributed by atoms with Crippen molar-refractivity contribution in [2.45, 2.75) is 110 Å². The average molecular weight is 850 g/mol. The summed E-state index contributed by atoms with van der Waals surface area (Å²) in [6.45, 7) is 24.8. The monoisotopic (exact) mass is 849 g/mol. The fourth-order valence-corrected chi connectivity index (χ4v) is 14.0. The molecule has 0 bridgehead atoms. The van der Waals surface area contributed by atoms with Gasteiger partial charge in [0.1, 0.15) is 12.0 Å². The van der Waals surface area contributed by atoms with Crippen molar-refractivity contribution in [3.63, 3.8) is 0 Å². The van der Waals surface area contributed by atoms with Gasteiger partial charge in [-0.1, -0.05) is 163 Å². The van der Waals surface area contributed by atoms with Crippen LogP contribution in [0, 0.1) is 5.92 Å². The zero-order chi connectivity index (χ0) is 43.4. The number of likely N-dealkylation sites (tertiary alicyclic amines) is 1. The van der Waals surface area contributed by atoms with E-state index < -0.39 is 47.6 Å². The van der Waals surface area contributed by atoms with Gasteiger partial charge in [0, 0.05) is 18.9 Å². The number of ketones is 1. The zero-order valence-corrected chi connectivity index (χ0v) is 39.8. The summed E-state index contributed by atoms with van der Waals surface area (Å²) in [5.41, 5.74) is 1.68. The van der Waals surface area contributed by atoms with Gasteiger partial charge in [-0.15, -0.1) is 0 Å². The van der Waals surface area contributed by atoms with Gasteiger partial charge in [-0.3, -0.25) is 9.59 Å². The van der Waals surface area contributed by atoms with Crippen LogP contribution < -0.4 is 15.9 Å². The van der Waals surface area contributed by atoms with Crippen LogP contribution in [0.15, 0.2) is 128 Å². The normalized spacial score (nSPS) is 16.9. The quantitative estimate of drug-likeness (QED) is 0.0279. The Hall–Kier alpha value is -4.12. The lowest BCUT2D eigenvalue weighted by Gasteiger charge is -2.53. The van der Waals surface area contributed by atoms with E-state index in [2.05, 4.69) is 74.3 Å². The maximum Gasteiger partial charge on any atom is 0.356 e. The molecule has 1 fully saturated rings. The summed E-state index contributed by atoms with van der Waals surface area (Å²) in [5, 5.41) is 2.56. The highest BCUT2D eigenvalue weighted by atomic mass is 31.2. The van der Waals surface area contributed by atoms with E-state index in [-0.39, 0.29) is 40.2 Å². The first-order valence-electron chi connectivity index (χ1n) is 20.7. The van der Waals surface area contributed by atoms with Gasteiger partial charge in [-0.25, -0.2) is 4.79 Å². The van der Waals surface area contributed by atoms with Crippen LogP contribution in [0.3, 0.4) is 0 Å². The number of ether oxygens (including phenoxy) is 1. The van der Waals surface area contributed by atoms with Gasteiger partial charge in [-0.2, -0.15) is 0 Å². The van der Waals surface area contributed by atoms with Gasteiger partial charge in [0.05, 0.1) is 24.7 Å². The maximum atomic E-state index is 15.2. The summed E-state index contributed by atoms with van der Waals surface area (Å²) in [6, 6.07) is 36.6. The standard InChI is InChI=1S/C49H64NO6PSi2/c1-13-32-54-47(53)46(57(39-26-17-14-18-27-39,40-28-19-15-20-29-40)41-30-21-16-22-31-41)50-42(44(45(50)52)36(2)56-59(11,12)49(6,7)8)34-43(51)38-25-23-24-37(33-38)35-55-58(9,10)48(3,4)5/h13-31,33,36,42,44H,1,32,34-35H2,2-12H3/t36-,42-,44-/m1/s1. The van der Waals surface area contributed by atoms with Crippen LogP contribution in [0.25, 0.3) is 0 Å². The molecule has 0 N–H and O–H groups in total. The van der Waals surface area contributed by atoms with Crippen molar-refractivity contribution >= 4 is 62.5 Å². The van der Waals surface area contributed by atoms with Crippen molar-refractivity contribution in [2.75, 3.05) is 6.61 Å². The topological polar surface area (TPSA) is 82.1 Å². The molecule has 10 heteroatoms. The molecular formula is C49H64NO6PSi2. The lowest BCUT2D eigenvalue weighted by Crippen LogP contribution is -2.69. The molecule has 0 spiro atoms. The molecule has 4 aromatic carbocycles. The first-order chi connectivity index (χ1) is 27.7. The summed E-state index contributed by atoms with van der Waals surface area (Å²) in [4.78, 5) is 46.6. The summed E-state index contributed by atoms with van der Waals surface area (Å²) in [7, 11) is -4.43. The molecule has 1 aliphatic rings. The highest BCUT2D eigenvalue weighted by Crippen LogP contribution is 2.51. The highest BCUT2D eigenvalue weighted by molar-refractivity contribution is 7.96. The Morgan fingerprint density at radius 3 is 1.71 bits per heavy atom. The van der Waals surface area contributed by atoms with E-state index in [4.69, 9.17) is 13.6 Å². The van der Waals surface area contributed by atoms with E-state index in [9.17, 15) is 4.79 Å². The Kier molecular flexibility index (Phi) is 14.2. The van der Waals surface area contributed by atoms with Crippen molar-refractivity contribution < 1.29 is 28.0 Å². The van der Waals surface area contributed by atoms with Gasteiger partial charge in [0.2, 0.25) is 5.91 Å². The van der Waals surface area contributed by atoms with Gasteiger partial charge in [-0.05, 0) is 70.7 Å². The molecule has 0 unspecified atom stereocenters. The van der Waals surface area contributed by atoms with Crippen molar-refractivity contribution in [3.05, 3.63) is 139 Å². The Labute approximate surface area is 355 Å². The number of hydrogen-bond acceptors (Lipinski definition) is 6. The van der Waals surface area contributed by atoms with E-state index in [0.717, 1.165) is 21.5 Å². The Morgan fingerprint density at radius 1 is 0.763 bits per heavy atom. The summed E-state index contributed by atoms with van der Waals surface area (Å²) in [5.74, 6) is -1.71. The van der Waals surface area contributed by atoms with Gasteiger partial charge < -0.3 is 18.5 Å². The molecule has 5 rings (SSSR count). The third-order valence-corrected chi connectivity index (χ3v) is 25.9. The highest BCUT2D eigenvalue weighted by Gasteiger charge is 2.57. The minimum Gasteiger partial charge on any atom is -0.457 e. The first kappa shape index (κ1) is 46.0. The predicted molar refractivity (Wildman–Crippen MR) is 251 cm³/mol. The van der Waals surface area contributed by atoms with Crippen LogP contribution >= 0.6 is 6.89 Å². The lowest BCUT2D eigenvalue weighted by molar-refractivity contribution is -0.156. The second-order valence-electron chi connectivity index (χ2n) is 18.6. The molecule has 0 aliphatic carbocycles. The van der Waals surface area contributed by atoms with Crippen LogP contribution in [0.1, 0.15) is 70.8 Å². The summed E-state index contributed by atoms with van der Waals surface area (Å²) in [6.07, 6.45) is 0.984. The summed E-state index contributed by atoms with van der Waals surface area (Å²) >= 11 is 0. The lowest BCUT2D eigenvalue weighted by atomic mass is 9.79. The molecule has 0 radical (unpaired) electrons. The number of carbonyl (C=O) groups excluding carboxylic acids is 3. The molecule has 1 aliphatic heterocycles. The molecule has 0 saturated carbocycles. The number of hydrogen-bond donors (Lipinski definition) is 0. The second kappa shape index (κ2) is 18.2. The van der Waals surface area contributed by atoms with Crippen molar-refractivity contribution in [3.8, 4) is 0 Å². The fraction of sp³-hybridized carbons (Fsp3) is 0.388. The number of amides is 1. The van der Waals surface area contributed by atoms with Gasteiger partial charge in [0.25, 0.3) is 0 Å². The minimum absolute atomic E-state index is 0.0231. The van der Waals surface area contributed by atoms with Crippen molar-refractivity contribution in [1.82, 2.24) is 4.90 Å². The van der Waals surface area contributed by atoms with E-state index in [1.807, 2.05) is 122 Å². The smallest absolute Gasteiger partial charge is 0.356 e. The Morgan fingerprint density at radius 2 is 1.25 bits per heavy atom. The van der Waals surface area contributed by atoms with Crippen LogP contribution in [-0.2, 0) is 29.8 Å². The van der Waals surface area contributed by atoms with Crippen LogP contribution in [0.4, 0.5) is 0 Å². The molecule has 1 saturated heterocycles. The third-order valence-electron chi connectivity index (χ3n) is 12.6. The molecule has 4 aromatic rings. The van der Waals surface area contributed by atoms with E-state index in [0.29, 0.717) is 12.2 Å². The predicted octanol–water partition coefficient (Wildman–Crippen LogP) is 9.87. The zero-order valence-electron chi connectivity index (χ0n) is 37.0.